The zero-order valence-corrected chi connectivity index (χ0v) is 12.2. The van der Waals surface area contributed by atoms with Gasteiger partial charge in [-0.15, -0.1) is 0 Å². The van der Waals surface area contributed by atoms with Gasteiger partial charge in [0.05, 0.1) is 12.0 Å². The summed E-state index contributed by atoms with van der Waals surface area (Å²) in [7, 11) is 0. The van der Waals surface area contributed by atoms with Gasteiger partial charge in [0, 0.05) is 13.1 Å². The largest absolute Gasteiger partial charge is 0.336 e. The van der Waals surface area contributed by atoms with Crippen molar-refractivity contribution < 1.29 is 9.18 Å². The standard InChI is InChI=1S/C16H23FN2O/c1-3-19(16(20)14-5-4-10-18-11-14)12(2)13-6-8-15(17)9-7-13/h6-9,12,14,18H,3-5,10-11H2,1-2H3. The molecule has 110 valence electrons. The van der Waals surface area contributed by atoms with Crippen molar-refractivity contribution >= 4 is 5.91 Å². The fourth-order valence-corrected chi connectivity index (χ4v) is 2.84. The van der Waals surface area contributed by atoms with E-state index in [9.17, 15) is 9.18 Å². The lowest BCUT2D eigenvalue weighted by Crippen LogP contribution is -2.43. The van der Waals surface area contributed by atoms with Crippen LogP contribution in [0.15, 0.2) is 24.3 Å². The first-order valence-electron chi connectivity index (χ1n) is 7.40. The Bertz CT molecular complexity index is 440. The number of hydrogen-bond acceptors (Lipinski definition) is 2. The number of amides is 1. The maximum atomic E-state index is 13.0. The van der Waals surface area contributed by atoms with Crippen LogP contribution in [0, 0.1) is 11.7 Å². The molecule has 3 nitrogen and oxygen atoms in total. The number of benzene rings is 1. The Hall–Kier alpha value is -1.42. The zero-order chi connectivity index (χ0) is 14.5. The first kappa shape index (κ1) is 15.0. The molecule has 2 atom stereocenters. The monoisotopic (exact) mass is 278 g/mol. The van der Waals surface area contributed by atoms with Crippen LogP contribution in [0.3, 0.4) is 0 Å². The Balaban J connectivity index is 2.09. The molecule has 2 rings (SSSR count). The van der Waals surface area contributed by atoms with Crippen molar-refractivity contribution in [1.82, 2.24) is 10.2 Å². The van der Waals surface area contributed by atoms with Crippen LogP contribution in [0.4, 0.5) is 4.39 Å². The first-order valence-corrected chi connectivity index (χ1v) is 7.40. The van der Waals surface area contributed by atoms with Gasteiger partial charge in [-0.05, 0) is 50.9 Å². The molecule has 0 aromatic heterocycles. The molecule has 1 aliphatic rings. The Kier molecular flexibility index (Phi) is 5.12. The topological polar surface area (TPSA) is 32.3 Å². The third-order valence-corrected chi connectivity index (χ3v) is 4.09. The van der Waals surface area contributed by atoms with Gasteiger partial charge in [0.25, 0.3) is 0 Å². The van der Waals surface area contributed by atoms with E-state index in [2.05, 4.69) is 5.32 Å². The van der Waals surface area contributed by atoms with Gasteiger partial charge in [-0.1, -0.05) is 12.1 Å². The van der Waals surface area contributed by atoms with Crippen LogP contribution in [-0.4, -0.2) is 30.4 Å². The zero-order valence-electron chi connectivity index (χ0n) is 12.2. The van der Waals surface area contributed by atoms with Gasteiger partial charge in [-0.25, -0.2) is 4.39 Å². The van der Waals surface area contributed by atoms with E-state index in [1.807, 2.05) is 18.7 Å². The van der Waals surface area contributed by atoms with E-state index in [0.717, 1.165) is 31.5 Å². The van der Waals surface area contributed by atoms with Crippen molar-refractivity contribution in [2.75, 3.05) is 19.6 Å². The lowest BCUT2D eigenvalue weighted by Gasteiger charge is -2.33. The summed E-state index contributed by atoms with van der Waals surface area (Å²) in [6.07, 6.45) is 2.01. The van der Waals surface area contributed by atoms with Gasteiger partial charge < -0.3 is 10.2 Å². The van der Waals surface area contributed by atoms with E-state index in [0.29, 0.717) is 6.54 Å². The molecule has 0 spiro atoms. The summed E-state index contributed by atoms with van der Waals surface area (Å²) in [5.74, 6) is 0.0370. The minimum absolute atomic E-state index is 0.0185. The van der Waals surface area contributed by atoms with Crippen LogP contribution in [0.25, 0.3) is 0 Å². The summed E-state index contributed by atoms with van der Waals surface area (Å²) >= 11 is 0. The van der Waals surface area contributed by atoms with Gasteiger partial charge in [0.1, 0.15) is 5.82 Å². The van der Waals surface area contributed by atoms with Crippen molar-refractivity contribution in [2.45, 2.75) is 32.7 Å². The highest BCUT2D eigenvalue weighted by molar-refractivity contribution is 5.79. The van der Waals surface area contributed by atoms with E-state index in [4.69, 9.17) is 0 Å². The van der Waals surface area contributed by atoms with Crippen molar-refractivity contribution in [1.29, 1.82) is 0 Å². The number of rotatable bonds is 4. The molecule has 1 aromatic carbocycles. The van der Waals surface area contributed by atoms with Crippen LogP contribution in [0.5, 0.6) is 0 Å². The average Bonchev–Trinajstić information content (AvgIpc) is 2.49. The average molecular weight is 278 g/mol. The number of carbonyl (C=O) groups excluding carboxylic acids is 1. The fraction of sp³-hybridized carbons (Fsp3) is 0.562. The van der Waals surface area contributed by atoms with Crippen LogP contribution >= 0.6 is 0 Å². The summed E-state index contributed by atoms with van der Waals surface area (Å²) in [4.78, 5) is 14.5. The summed E-state index contributed by atoms with van der Waals surface area (Å²) in [5.41, 5.74) is 0.977. The van der Waals surface area contributed by atoms with Crippen molar-refractivity contribution in [3.8, 4) is 0 Å². The number of halogens is 1. The Morgan fingerprint density at radius 1 is 1.45 bits per heavy atom. The van der Waals surface area contributed by atoms with Crippen LogP contribution < -0.4 is 5.32 Å². The number of nitrogens with one attached hydrogen (secondary N) is 1. The molecule has 1 aromatic rings. The molecule has 0 radical (unpaired) electrons. The maximum absolute atomic E-state index is 13.0. The number of nitrogens with zero attached hydrogens (tertiary/aromatic N) is 1. The lowest BCUT2D eigenvalue weighted by atomic mass is 9.96. The Morgan fingerprint density at radius 3 is 2.70 bits per heavy atom. The summed E-state index contributed by atoms with van der Waals surface area (Å²) in [6, 6.07) is 6.40. The normalized spacial score (nSPS) is 20.4. The van der Waals surface area contributed by atoms with Gasteiger partial charge >= 0.3 is 0 Å². The molecule has 0 saturated carbocycles. The second-order valence-electron chi connectivity index (χ2n) is 5.40. The van der Waals surface area contributed by atoms with E-state index in [1.54, 1.807) is 12.1 Å². The van der Waals surface area contributed by atoms with E-state index >= 15 is 0 Å². The van der Waals surface area contributed by atoms with Crippen molar-refractivity contribution in [3.05, 3.63) is 35.6 Å². The predicted octanol–water partition coefficient (Wildman–Crippen LogP) is 2.73. The third-order valence-electron chi connectivity index (χ3n) is 4.09. The van der Waals surface area contributed by atoms with Gasteiger partial charge in [0.15, 0.2) is 0 Å². The van der Waals surface area contributed by atoms with E-state index in [1.165, 1.54) is 12.1 Å². The second kappa shape index (κ2) is 6.84. The molecule has 20 heavy (non-hydrogen) atoms. The van der Waals surface area contributed by atoms with E-state index < -0.39 is 0 Å². The quantitative estimate of drug-likeness (QED) is 0.918. The molecule has 1 aliphatic heterocycles. The van der Waals surface area contributed by atoms with E-state index in [-0.39, 0.29) is 23.7 Å². The molecule has 0 bridgehead atoms. The van der Waals surface area contributed by atoms with Crippen LogP contribution in [-0.2, 0) is 4.79 Å². The van der Waals surface area contributed by atoms with Crippen LogP contribution in [0.1, 0.15) is 38.3 Å². The fourth-order valence-electron chi connectivity index (χ4n) is 2.84. The van der Waals surface area contributed by atoms with Gasteiger partial charge in [-0.3, -0.25) is 4.79 Å². The molecule has 4 heteroatoms. The van der Waals surface area contributed by atoms with Crippen molar-refractivity contribution in [2.24, 2.45) is 5.92 Å². The smallest absolute Gasteiger partial charge is 0.227 e. The molecule has 1 heterocycles. The minimum atomic E-state index is -0.244. The molecule has 1 fully saturated rings. The molecule has 1 saturated heterocycles. The molecule has 2 unspecified atom stereocenters. The van der Waals surface area contributed by atoms with Crippen LogP contribution in [0.2, 0.25) is 0 Å². The maximum Gasteiger partial charge on any atom is 0.227 e. The SMILES string of the molecule is CCN(C(=O)C1CCCNC1)C(C)c1ccc(F)cc1. The Labute approximate surface area is 120 Å². The van der Waals surface area contributed by atoms with Crippen molar-refractivity contribution in [3.63, 3.8) is 0 Å². The highest BCUT2D eigenvalue weighted by atomic mass is 19.1. The van der Waals surface area contributed by atoms with Gasteiger partial charge in [0.2, 0.25) is 5.91 Å². The third kappa shape index (κ3) is 3.37. The minimum Gasteiger partial charge on any atom is -0.336 e. The summed E-state index contributed by atoms with van der Waals surface area (Å²) < 4.78 is 13.0. The highest BCUT2D eigenvalue weighted by Gasteiger charge is 2.28. The Morgan fingerprint density at radius 2 is 2.15 bits per heavy atom. The molecule has 1 amide bonds. The molecule has 1 N–H and O–H groups in total. The lowest BCUT2D eigenvalue weighted by molar-refractivity contribution is -0.138. The number of piperidine rings is 1. The first-order chi connectivity index (χ1) is 9.63. The summed E-state index contributed by atoms with van der Waals surface area (Å²) in [6.45, 7) is 6.45. The number of hydrogen-bond donors (Lipinski definition) is 1. The summed E-state index contributed by atoms with van der Waals surface area (Å²) in [5, 5.41) is 3.28. The molecular formula is C16H23FN2O. The predicted molar refractivity (Wildman–Crippen MR) is 77.8 cm³/mol. The molecular weight excluding hydrogens is 255 g/mol. The van der Waals surface area contributed by atoms with Gasteiger partial charge in [-0.2, -0.15) is 0 Å². The second-order valence-corrected chi connectivity index (χ2v) is 5.40. The number of carbonyl (C=O) groups is 1. The molecule has 0 aliphatic carbocycles. The highest BCUT2D eigenvalue weighted by Crippen LogP contribution is 2.24.